The minimum Gasteiger partial charge on any atom is -0.497 e. The van der Waals surface area contributed by atoms with Crippen LogP contribution < -0.4 is 20.3 Å². The Bertz CT molecular complexity index is 924. The van der Waals surface area contributed by atoms with Crippen molar-refractivity contribution < 1.29 is 19.1 Å². The minimum atomic E-state index is -0.436. The van der Waals surface area contributed by atoms with Gasteiger partial charge in [-0.05, 0) is 42.3 Å². The zero-order valence-electron chi connectivity index (χ0n) is 17.5. The Balaban J connectivity index is 1.58. The lowest BCUT2D eigenvalue weighted by Crippen LogP contribution is -2.28. The van der Waals surface area contributed by atoms with Crippen molar-refractivity contribution in [3.05, 3.63) is 48.5 Å². The van der Waals surface area contributed by atoms with Crippen LogP contribution in [0.15, 0.2) is 48.5 Å². The highest BCUT2D eigenvalue weighted by Gasteiger charge is 2.35. The maximum atomic E-state index is 12.7. The number of carbonyl (C=O) groups excluding carboxylic acids is 3. The SMILES string of the molecule is COc1cccc(N2CC(C(=O)Nc3ccc(NC(=O)CC(C)C)cc3)CC2=O)c1. The van der Waals surface area contributed by atoms with Crippen LogP contribution in [0.4, 0.5) is 17.1 Å². The Morgan fingerprint density at radius 2 is 1.77 bits per heavy atom. The summed E-state index contributed by atoms with van der Waals surface area (Å²) >= 11 is 0. The maximum Gasteiger partial charge on any atom is 0.229 e. The fourth-order valence-electron chi connectivity index (χ4n) is 3.38. The predicted molar refractivity (Wildman–Crippen MR) is 117 cm³/mol. The summed E-state index contributed by atoms with van der Waals surface area (Å²) in [6.45, 7) is 4.30. The van der Waals surface area contributed by atoms with Crippen molar-refractivity contribution in [1.29, 1.82) is 0 Å². The molecule has 2 N–H and O–H groups in total. The molecule has 0 saturated carbocycles. The first-order valence-corrected chi connectivity index (χ1v) is 10.0. The minimum absolute atomic E-state index is 0.0381. The van der Waals surface area contributed by atoms with E-state index in [1.807, 2.05) is 32.0 Å². The molecule has 0 radical (unpaired) electrons. The average Bonchev–Trinajstić information content (AvgIpc) is 3.11. The number of hydrogen-bond donors (Lipinski definition) is 2. The maximum absolute atomic E-state index is 12.7. The summed E-state index contributed by atoms with van der Waals surface area (Å²) < 4.78 is 5.21. The number of ether oxygens (including phenoxy) is 1. The van der Waals surface area contributed by atoms with E-state index in [0.29, 0.717) is 30.1 Å². The normalized spacial score (nSPS) is 15.9. The first-order valence-electron chi connectivity index (χ1n) is 10.0. The molecule has 2 aromatic carbocycles. The van der Waals surface area contributed by atoms with Crippen LogP contribution in [0.3, 0.4) is 0 Å². The van der Waals surface area contributed by atoms with Gasteiger partial charge >= 0.3 is 0 Å². The highest BCUT2D eigenvalue weighted by molar-refractivity contribution is 6.03. The molecule has 30 heavy (non-hydrogen) atoms. The number of rotatable bonds is 7. The van der Waals surface area contributed by atoms with Gasteiger partial charge in [-0.1, -0.05) is 19.9 Å². The summed E-state index contributed by atoms with van der Waals surface area (Å²) in [4.78, 5) is 38.6. The van der Waals surface area contributed by atoms with Gasteiger partial charge in [-0.15, -0.1) is 0 Å². The summed E-state index contributed by atoms with van der Waals surface area (Å²) in [6.07, 6.45) is 0.615. The molecule has 0 bridgehead atoms. The van der Waals surface area contributed by atoms with Crippen LogP contribution in [0, 0.1) is 11.8 Å². The van der Waals surface area contributed by atoms with Crippen LogP contribution in [-0.2, 0) is 14.4 Å². The van der Waals surface area contributed by atoms with Gasteiger partial charge in [0.05, 0.1) is 13.0 Å². The first kappa shape index (κ1) is 21.4. The third kappa shape index (κ3) is 5.37. The zero-order valence-corrected chi connectivity index (χ0v) is 17.5. The van der Waals surface area contributed by atoms with Gasteiger partial charge in [-0.3, -0.25) is 14.4 Å². The van der Waals surface area contributed by atoms with E-state index in [0.717, 1.165) is 5.69 Å². The number of carbonyl (C=O) groups is 3. The second-order valence-electron chi connectivity index (χ2n) is 7.82. The number of hydrogen-bond acceptors (Lipinski definition) is 4. The molecule has 1 atom stereocenters. The number of benzene rings is 2. The number of amides is 3. The molecule has 7 nitrogen and oxygen atoms in total. The molecule has 0 aromatic heterocycles. The van der Waals surface area contributed by atoms with Crippen molar-refractivity contribution in [3.63, 3.8) is 0 Å². The molecule has 3 rings (SSSR count). The molecular weight excluding hydrogens is 382 g/mol. The Kier molecular flexibility index (Phi) is 6.72. The first-order chi connectivity index (χ1) is 14.4. The van der Waals surface area contributed by atoms with E-state index in [1.165, 1.54) is 0 Å². The molecule has 3 amide bonds. The number of methoxy groups -OCH3 is 1. The van der Waals surface area contributed by atoms with Crippen LogP contribution in [0.25, 0.3) is 0 Å². The van der Waals surface area contributed by atoms with Crippen LogP contribution in [0.5, 0.6) is 5.75 Å². The van der Waals surface area contributed by atoms with Crippen LogP contribution in [-0.4, -0.2) is 31.4 Å². The highest BCUT2D eigenvalue weighted by atomic mass is 16.5. The summed E-state index contributed by atoms with van der Waals surface area (Å²) in [7, 11) is 1.57. The largest absolute Gasteiger partial charge is 0.497 e. The molecule has 0 spiro atoms. The van der Waals surface area contributed by atoms with Crippen LogP contribution in [0.2, 0.25) is 0 Å². The van der Waals surface area contributed by atoms with Gasteiger partial charge in [-0.25, -0.2) is 0 Å². The summed E-state index contributed by atoms with van der Waals surface area (Å²) in [5, 5.41) is 5.69. The van der Waals surface area contributed by atoms with Gasteiger partial charge in [0, 0.05) is 42.5 Å². The number of nitrogens with zero attached hydrogens (tertiary/aromatic N) is 1. The van der Waals surface area contributed by atoms with Crippen molar-refractivity contribution in [2.45, 2.75) is 26.7 Å². The number of nitrogens with one attached hydrogen (secondary N) is 2. The zero-order chi connectivity index (χ0) is 21.7. The van der Waals surface area contributed by atoms with Crippen molar-refractivity contribution in [2.75, 3.05) is 29.2 Å². The molecule has 0 aliphatic carbocycles. The lowest BCUT2D eigenvalue weighted by Gasteiger charge is -2.17. The van der Waals surface area contributed by atoms with E-state index in [4.69, 9.17) is 4.74 Å². The van der Waals surface area contributed by atoms with E-state index in [1.54, 1.807) is 42.3 Å². The van der Waals surface area contributed by atoms with Crippen molar-refractivity contribution in [2.24, 2.45) is 11.8 Å². The molecule has 158 valence electrons. The monoisotopic (exact) mass is 409 g/mol. The van der Waals surface area contributed by atoms with Crippen molar-refractivity contribution >= 4 is 34.8 Å². The molecule has 2 aromatic rings. The average molecular weight is 409 g/mol. The van der Waals surface area contributed by atoms with Crippen LogP contribution in [0.1, 0.15) is 26.7 Å². The molecular formula is C23H27N3O4. The van der Waals surface area contributed by atoms with Crippen molar-refractivity contribution in [3.8, 4) is 5.75 Å². The van der Waals surface area contributed by atoms with E-state index in [2.05, 4.69) is 10.6 Å². The van der Waals surface area contributed by atoms with E-state index >= 15 is 0 Å². The Morgan fingerprint density at radius 1 is 1.10 bits per heavy atom. The summed E-state index contributed by atoms with van der Waals surface area (Å²) in [6, 6.07) is 14.2. The summed E-state index contributed by atoms with van der Waals surface area (Å²) in [5.74, 6) is 0.179. The molecule has 1 aliphatic rings. The predicted octanol–water partition coefficient (Wildman–Crippen LogP) is 3.67. The lowest BCUT2D eigenvalue weighted by atomic mass is 10.1. The van der Waals surface area contributed by atoms with Gasteiger partial charge in [-0.2, -0.15) is 0 Å². The topological polar surface area (TPSA) is 87.7 Å². The van der Waals surface area contributed by atoms with Gasteiger partial charge < -0.3 is 20.3 Å². The Morgan fingerprint density at radius 3 is 2.40 bits per heavy atom. The van der Waals surface area contributed by atoms with E-state index < -0.39 is 5.92 Å². The summed E-state index contributed by atoms with van der Waals surface area (Å²) in [5.41, 5.74) is 2.02. The molecule has 1 aliphatic heterocycles. The number of anilines is 3. The second-order valence-corrected chi connectivity index (χ2v) is 7.82. The molecule has 1 heterocycles. The van der Waals surface area contributed by atoms with E-state index in [-0.39, 0.29) is 30.1 Å². The standard InChI is InChI=1S/C23H27N3O4/c1-15(2)11-21(27)24-17-7-9-18(10-8-17)25-23(29)16-12-22(28)26(14-16)19-5-4-6-20(13-19)30-3/h4-10,13,15-16H,11-12,14H2,1-3H3,(H,24,27)(H,25,29). The fourth-order valence-corrected chi connectivity index (χ4v) is 3.38. The van der Waals surface area contributed by atoms with Gasteiger partial charge in [0.25, 0.3) is 0 Å². The van der Waals surface area contributed by atoms with E-state index in [9.17, 15) is 14.4 Å². The Labute approximate surface area is 176 Å². The smallest absolute Gasteiger partial charge is 0.229 e. The van der Waals surface area contributed by atoms with Gasteiger partial charge in [0.2, 0.25) is 17.7 Å². The Hall–Kier alpha value is -3.35. The third-order valence-electron chi connectivity index (χ3n) is 4.89. The fraction of sp³-hybridized carbons (Fsp3) is 0.348. The molecule has 7 heteroatoms. The van der Waals surface area contributed by atoms with Gasteiger partial charge in [0.15, 0.2) is 0 Å². The third-order valence-corrected chi connectivity index (χ3v) is 4.89. The highest BCUT2D eigenvalue weighted by Crippen LogP contribution is 2.28. The molecule has 1 saturated heterocycles. The molecule has 1 unspecified atom stereocenters. The quantitative estimate of drug-likeness (QED) is 0.730. The van der Waals surface area contributed by atoms with Crippen molar-refractivity contribution in [1.82, 2.24) is 0 Å². The lowest BCUT2D eigenvalue weighted by molar-refractivity contribution is -0.122. The van der Waals surface area contributed by atoms with Gasteiger partial charge in [0.1, 0.15) is 5.75 Å². The van der Waals surface area contributed by atoms with Crippen LogP contribution >= 0.6 is 0 Å². The molecule has 1 fully saturated rings. The second kappa shape index (κ2) is 9.43.